The van der Waals surface area contributed by atoms with Crippen LogP contribution in [0.2, 0.25) is 0 Å². The first-order valence-electron chi connectivity index (χ1n) is 8.76. The van der Waals surface area contributed by atoms with E-state index in [1.54, 1.807) is 4.90 Å². The zero-order valence-electron chi connectivity index (χ0n) is 14.9. The topological polar surface area (TPSA) is 101 Å². The molecule has 1 aliphatic rings. The molecule has 0 saturated heterocycles. The maximum Gasteiger partial charge on any atom is 0.312 e. The summed E-state index contributed by atoms with van der Waals surface area (Å²) in [6, 6.07) is 12.2. The number of nitrogens with one attached hydrogen (secondary N) is 1. The predicted molar refractivity (Wildman–Crippen MR) is 103 cm³/mol. The van der Waals surface area contributed by atoms with Crippen molar-refractivity contribution in [1.29, 1.82) is 0 Å². The quantitative estimate of drug-likeness (QED) is 0.737. The standard InChI is InChI=1S/C20H24N4O2/c1-13-5-2-6-14(11-13)17(23-20(22)26)12-19(25)24-10-4-7-15-16(21)8-3-9-18(15)24/h2-3,5-6,8-9,11,17H,4,7,10,12,21H2,1H3,(H3,22,23,26). The normalized spacial score (nSPS) is 14.4. The van der Waals surface area contributed by atoms with Gasteiger partial charge in [-0.1, -0.05) is 35.9 Å². The molecule has 3 amide bonds. The van der Waals surface area contributed by atoms with Gasteiger partial charge in [-0.2, -0.15) is 0 Å². The van der Waals surface area contributed by atoms with Crippen molar-refractivity contribution >= 4 is 23.3 Å². The number of urea groups is 1. The Morgan fingerprint density at radius 2 is 2.00 bits per heavy atom. The Morgan fingerprint density at radius 1 is 1.23 bits per heavy atom. The second-order valence-electron chi connectivity index (χ2n) is 6.67. The maximum absolute atomic E-state index is 13.0. The van der Waals surface area contributed by atoms with Gasteiger partial charge in [-0.25, -0.2) is 4.79 Å². The van der Waals surface area contributed by atoms with Crippen LogP contribution in [0.5, 0.6) is 0 Å². The van der Waals surface area contributed by atoms with Gasteiger partial charge in [0.25, 0.3) is 0 Å². The molecule has 0 bridgehead atoms. The van der Waals surface area contributed by atoms with E-state index in [1.165, 1.54) is 0 Å². The van der Waals surface area contributed by atoms with Gasteiger partial charge in [0.15, 0.2) is 0 Å². The summed E-state index contributed by atoms with van der Waals surface area (Å²) in [5.41, 5.74) is 15.9. The van der Waals surface area contributed by atoms with Crippen LogP contribution in [0.25, 0.3) is 0 Å². The maximum atomic E-state index is 13.0. The Labute approximate surface area is 153 Å². The molecular weight excluding hydrogens is 328 g/mol. The van der Waals surface area contributed by atoms with Crippen LogP contribution in [0.1, 0.15) is 35.6 Å². The molecule has 136 valence electrons. The lowest BCUT2D eigenvalue weighted by atomic mass is 9.97. The number of carbonyl (C=O) groups excluding carboxylic acids is 2. The number of amides is 3. The molecule has 2 aromatic rings. The Morgan fingerprint density at radius 3 is 2.73 bits per heavy atom. The Bertz CT molecular complexity index is 834. The Balaban J connectivity index is 1.85. The number of hydrogen-bond acceptors (Lipinski definition) is 3. The Hall–Kier alpha value is -3.02. The van der Waals surface area contributed by atoms with E-state index in [1.807, 2.05) is 49.4 Å². The second kappa shape index (κ2) is 7.47. The fourth-order valence-corrected chi connectivity index (χ4v) is 3.51. The number of nitrogens with two attached hydrogens (primary N) is 2. The van der Waals surface area contributed by atoms with Crippen molar-refractivity contribution in [2.75, 3.05) is 17.2 Å². The van der Waals surface area contributed by atoms with Crippen molar-refractivity contribution < 1.29 is 9.59 Å². The molecule has 0 fully saturated rings. The number of primary amides is 1. The summed E-state index contributed by atoms with van der Waals surface area (Å²) < 4.78 is 0. The molecule has 1 atom stereocenters. The molecule has 2 aromatic carbocycles. The van der Waals surface area contributed by atoms with Crippen molar-refractivity contribution in [3.63, 3.8) is 0 Å². The number of nitrogen functional groups attached to an aromatic ring is 1. The van der Waals surface area contributed by atoms with E-state index in [4.69, 9.17) is 11.5 Å². The van der Waals surface area contributed by atoms with Crippen LogP contribution in [0.15, 0.2) is 42.5 Å². The average molecular weight is 352 g/mol. The number of fused-ring (bicyclic) bond motifs is 1. The minimum atomic E-state index is -0.646. The van der Waals surface area contributed by atoms with Crippen molar-refractivity contribution in [3.8, 4) is 0 Å². The van der Waals surface area contributed by atoms with E-state index in [-0.39, 0.29) is 12.3 Å². The van der Waals surface area contributed by atoms with Gasteiger partial charge in [-0.3, -0.25) is 4.79 Å². The second-order valence-corrected chi connectivity index (χ2v) is 6.67. The van der Waals surface area contributed by atoms with Crippen molar-refractivity contribution in [1.82, 2.24) is 5.32 Å². The highest BCUT2D eigenvalue weighted by molar-refractivity contribution is 5.96. The van der Waals surface area contributed by atoms with Gasteiger partial charge in [0.05, 0.1) is 12.5 Å². The first-order valence-corrected chi connectivity index (χ1v) is 8.76. The fraction of sp³-hybridized carbons (Fsp3) is 0.300. The molecule has 1 unspecified atom stereocenters. The lowest BCUT2D eigenvalue weighted by molar-refractivity contribution is -0.119. The van der Waals surface area contributed by atoms with Gasteiger partial charge in [-0.05, 0) is 43.0 Å². The van der Waals surface area contributed by atoms with Crippen LogP contribution in [0.3, 0.4) is 0 Å². The van der Waals surface area contributed by atoms with Gasteiger partial charge in [0.1, 0.15) is 0 Å². The van der Waals surface area contributed by atoms with E-state index in [9.17, 15) is 9.59 Å². The zero-order chi connectivity index (χ0) is 18.7. The summed E-state index contributed by atoms with van der Waals surface area (Å²) in [5.74, 6) is -0.0585. The van der Waals surface area contributed by atoms with Crippen molar-refractivity contribution in [2.45, 2.75) is 32.2 Å². The van der Waals surface area contributed by atoms with Gasteiger partial charge in [0, 0.05) is 17.9 Å². The van der Waals surface area contributed by atoms with E-state index in [2.05, 4.69) is 5.32 Å². The third-order valence-corrected chi connectivity index (χ3v) is 4.73. The summed E-state index contributed by atoms with van der Waals surface area (Å²) in [6.45, 7) is 2.61. The van der Waals surface area contributed by atoms with Crippen LogP contribution >= 0.6 is 0 Å². The van der Waals surface area contributed by atoms with Crippen LogP contribution in [-0.2, 0) is 11.2 Å². The molecule has 1 aliphatic heterocycles. The zero-order valence-corrected chi connectivity index (χ0v) is 14.9. The molecule has 0 aliphatic carbocycles. The molecule has 6 nitrogen and oxygen atoms in total. The minimum absolute atomic E-state index is 0.0585. The Kier molecular flexibility index (Phi) is 5.11. The molecule has 0 spiro atoms. The van der Waals surface area contributed by atoms with Crippen LogP contribution in [0.4, 0.5) is 16.2 Å². The first kappa shape index (κ1) is 17.8. The SMILES string of the molecule is Cc1cccc(C(CC(=O)N2CCCc3c(N)cccc32)NC(N)=O)c1. The number of benzene rings is 2. The smallest absolute Gasteiger partial charge is 0.312 e. The summed E-state index contributed by atoms with van der Waals surface area (Å²) in [7, 11) is 0. The summed E-state index contributed by atoms with van der Waals surface area (Å²) in [5, 5.41) is 2.70. The molecule has 0 saturated carbocycles. The number of carbonyl (C=O) groups is 2. The van der Waals surface area contributed by atoms with Crippen molar-refractivity contribution in [2.24, 2.45) is 5.73 Å². The molecule has 0 aromatic heterocycles. The number of hydrogen-bond donors (Lipinski definition) is 3. The van der Waals surface area contributed by atoms with Crippen LogP contribution in [-0.4, -0.2) is 18.5 Å². The van der Waals surface area contributed by atoms with Gasteiger partial charge >= 0.3 is 6.03 Å². The first-order chi connectivity index (χ1) is 12.5. The summed E-state index contributed by atoms with van der Waals surface area (Å²) in [4.78, 5) is 26.2. The highest BCUT2D eigenvalue weighted by Crippen LogP contribution is 2.32. The highest BCUT2D eigenvalue weighted by Gasteiger charge is 2.27. The lowest BCUT2D eigenvalue weighted by Gasteiger charge is -2.31. The summed E-state index contributed by atoms with van der Waals surface area (Å²) >= 11 is 0. The molecule has 6 heteroatoms. The minimum Gasteiger partial charge on any atom is -0.398 e. The van der Waals surface area contributed by atoms with Gasteiger partial charge in [0.2, 0.25) is 5.91 Å². The third kappa shape index (κ3) is 3.79. The largest absolute Gasteiger partial charge is 0.398 e. The predicted octanol–water partition coefficient (Wildman–Crippen LogP) is 2.66. The van der Waals surface area contributed by atoms with Crippen molar-refractivity contribution in [3.05, 3.63) is 59.2 Å². The van der Waals surface area contributed by atoms with E-state index >= 15 is 0 Å². The van der Waals surface area contributed by atoms with E-state index < -0.39 is 12.1 Å². The number of aryl methyl sites for hydroxylation is 1. The molecular formula is C20H24N4O2. The monoisotopic (exact) mass is 352 g/mol. The molecule has 26 heavy (non-hydrogen) atoms. The molecule has 1 heterocycles. The number of rotatable bonds is 4. The molecule has 3 rings (SSSR count). The van der Waals surface area contributed by atoms with Crippen LogP contribution < -0.4 is 21.7 Å². The average Bonchev–Trinajstić information content (AvgIpc) is 2.60. The third-order valence-electron chi connectivity index (χ3n) is 4.73. The highest BCUT2D eigenvalue weighted by atomic mass is 16.2. The lowest BCUT2D eigenvalue weighted by Crippen LogP contribution is -2.40. The number of anilines is 2. The van der Waals surface area contributed by atoms with E-state index in [0.717, 1.165) is 35.2 Å². The fourth-order valence-electron chi connectivity index (χ4n) is 3.51. The number of nitrogens with zero attached hydrogens (tertiary/aromatic N) is 1. The van der Waals surface area contributed by atoms with Crippen LogP contribution in [0, 0.1) is 6.92 Å². The van der Waals surface area contributed by atoms with Gasteiger partial charge < -0.3 is 21.7 Å². The molecule has 5 N–H and O–H groups in total. The van der Waals surface area contributed by atoms with E-state index in [0.29, 0.717) is 12.2 Å². The summed E-state index contributed by atoms with van der Waals surface area (Å²) in [6.07, 6.45) is 1.87. The van der Waals surface area contributed by atoms with Gasteiger partial charge in [-0.15, -0.1) is 0 Å². The molecule has 0 radical (unpaired) electrons.